The second-order valence-corrected chi connectivity index (χ2v) is 6.53. The molecule has 0 saturated carbocycles. The topological polar surface area (TPSA) is 89.2 Å². The molecule has 1 aromatic heterocycles. The van der Waals surface area contributed by atoms with Crippen molar-refractivity contribution in [3.8, 4) is 0 Å². The van der Waals surface area contributed by atoms with E-state index in [4.69, 9.17) is 5.73 Å². The minimum absolute atomic E-state index is 0.118. The summed E-state index contributed by atoms with van der Waals surface area (Å²) >= 11 is 0. The van der Waals surface area contributed by atoms with Gasteiger partial charge in [-0.05, 0) is 49.8 Å². The minimum Gasteiger partial charge on any atom is -0.364 e. The van der Waals surface area contributed by atoms with E-state index in [9.17, 15) is 14.0 Å². The lowest BCUT2D eigenvalue weighted by molar-refractivity contribution is 0.0755. The minimum atomic E-state index is -0.573. The number of benzene rings is 1. The van der Waals surface area contributed by atoms with Crippen LogP contribution in [0.1, 0.15) is 45.8 Å². The van der Waals surface area contributed by atoms with Gasteiger partial charge in [-0.2, -0.15) is 0 Å². The van der Waals surface area contributed by atoms with Gasteiger partial charge in [0, 0.05) is 18.8 Å². The Kier molecular flexibility index (Phi) is 5.55. The van der Waals surface area contributed by atoms with E-state index in [0.717, 1.165) is 25.0 Å². The first-order chi connectivity index (χ1) is 12.5. The molecule has 6 nitrogen and oxygen atoms in total. The lowest BCUT2D eigenvalue weighted by Crippen LogP contribution is -2.32. The Morgan fingerprint density at radius 2 is 2.00 bits per heavy atom. The second-order valence-electron chi connectivity index (χ2n) is 6.53. The summed E-state index contributed by atoms with van der Waals surface area (Å²) in [4.78, 5) is 33.6. The molecule has 1 aromatic carbocycles. The van der Waals surface area contributed by atoms with Crippen LogP contribution in [-0.4, -0.2) is 39.8 Å². The van der Waals surface area contributed by atoms with Gasteiger partial charge < -0.3 is 10.6 Å². The number of halogens is 1. The van der Waals surface area contributed by atoms with Crippen molar-refractivity contribution < 1.29 is 14.0 Å². The Morgan fingerprint density at radius 3 is 2.77 bits per heavy atom. The molecule has 2 aromatic rings. The summed E-state index contributed by atoms with van der Waals surface area (Å²) in [7, 11) is 0. The predicted molar refractivity (Wildman–Crippen MR) is 93.9 cm³/mol. The smallest absolute Gasteiger partial charge is 0.267 e. The summed E-state index contributed by atoms with van der Waals surface area (Å²) < 4.78 is 13.9. The van der Waals surface area contributed by atoms with Crippen LogP contribution in [0.5, 0.6) is 0 Å². The van der Waals surface area contributed by atoms with Crippen LogP contribution in [-0.2, 0) is 6.42 Å². The van der Waals surface area contributed by atoms with E-state index in [2.05, 4.69) is 9.97 Å². The fourth-order valence-electron chi connectivity index (χ4n) is 3.32. The van der Waals surface area contributed by atoms with E-state index >= 15 is 0 Å². The number of amides is 2. The Balaban J connectivity index is 1.63. The quantitative estimate of drug-likeness (QED) is 0.909. The Hall–Kier alpha value is -2.83. The molecule has 1 aliphatic rings. The van der Waals surface area contributed by atoms with Crippen molar-refractivity contribution in [1.82, 2.24) is 14.9 Å². The van der Waals surface area contributed by atoms with E-state index in [-0.39, 0.29) is 17.2 Å². The summed E-state index contributed by atoms with van der Waals surface area (Å²) in [6.45, 7) is 1.19. The Labute approximate surface area is 151 Å². The third-order valence-electron chi connectivity index (χ3n) is 4.71. The first-order valence-corrected chi connectivity index (χ1v) is 8.69. The number of rotatable bonds is 4. The van der Waals surface area contributed by atoms with Crippen molar-refractivity contribution in [1.29, 1.82) is 0 Å². The molecule has 1 saturated heterocycles. The lowest BCUT2D eigenvalue weighted by Gasteiger charge is -2.21. The van der Waals surface area contributed by atoms with Crippen LogP contribution >= 0.6 is 0 Å². The predicted octanol–water partition coefficient (Wildman–Crippen LogP) is 2.20. The van der Waals surface area contributed by atoms with Crippen molar-refractivity contribution >= 4 is 11.8 Å². The van der Waals surface area contributed by atoms with Crippen molar-refractivity contribution in [3.05, 3.63) is 59.4 Å². The third-order valence-corrected chi connectivity index (χ3v) is 4.71. The van der Waals surface area contributed by atoms with Gasteiger partial charge in [0.05, 0.1) is 5.56 Å². The fraction of sp³-hybridized carbons (Fsp3) is 0.368. The highest BCUT2D eigenvalue weighted by atomic mass is 19.1. The monoisotopic (exact) mass is 356 g/mol. The van der Waals surface area contributed by atoms with Crippen molar-refractivity contribution in [2.75, 3.05) is 13.1 Å². The molecule has 1 fully saturated rings. The van der Waals surface area contributed by atoms with E-state index in [1.165, 1.54) is 18.5 Å². The Bertz CT molecular complexity index is 812. The number of nitrogens with two attached hydrogens (primary N) is 1. The van der Waals surface area contributed by atoms with Gasteiger partial charge in [0.15, 0.2) is 0 Å². The maximum absolute atomic E-state index is 13.9. The molecule has 1 unspecified atom stereocenters. The number of primary amides is 1. The zero-order chi connectivity index (χ0) is 18.5. The van der Waals surface area contributed by atoms with Gasteiger partial charge in [-0.25, -0.2) is 14.4 Å². The molecular weight excluding hydrogens is 335 g/mol. The number of carbonyl (C=O) groups excluding carboxylic acids is 2. The molecule has 1 aliphatic heterocycles. The summed E-state index contributed by atoms with van der Waals surface area (Å²) in [6, 6.07) is 7.69. The van der Waals surface area contributed by atoms with Crippen LogP contribution in [0, 0.1) is 11.7 Å². The van der Waals surface area contributed by atoms with Gasteiger partial charge in [0.1, 0.15) is 17.8 Å². The van der Waals surface area contributed by atoms with Crippen LogP contribution in [0.15, 0.2) is 36.7 Å². The maximum atomic E-state index is 13.9. The van der Waals surface area contributed by atoms with Crippen LogP contribution in [0.25, 0.3) is 0 Å². The summed E-state index contributed by atoms with van der Waals surface area (Å²) in [5.74, 6) is -0.986. The number of likely N-dealkylation sites (tertiary alicyclic amines) is 1. The molecule has 2 heterocycles. The van der Waals surface area contributed by atoms with Gasteiger partial charge >= 0.3 is 0 Å². The van der Waals surface area contributed by atoms with E-state index in [1.807, 2.05) is 0 Å². The van der Waals surface area contributed by atoms with Gasteiger partial charge in [-0.1, -0.05) is 12.1 Å². The van der Waals surface area contributed by atoms with Crippen LogP contribution in [0.4, 0.5) is 4.39 Å². The molecule has 1 atom stereocenters. The van der Waals surface area contributed by atoms with Crippen LogP contribution in [0.2, 0.25) is 0 Å². The van der Waals surface area contributed by atoms with Crippen LogP contribution < -0.4 is 5.73 Å². The number of nitrogens with zero attached hydrogens (tertiary/aromatic N) is 3. The third kappa shape index (κ3) is 4.22. The number of aromatic nitrogens is 2. The molecular formula is C19H21FN4O2. The number of hydrogen-bond donors (Lipinski definition) is 1. The van der Waals surface area contributed by atoms with Gasteiger partial charge in [-0.15, -0.1) is 0 Å². The molecule has 3 rings (SSSR count). The molecule has 0 bridgehead atoms. The van der Waals surface area contributed by atoms with Crippen molar-refractivity contribution in [2.45, 2.75) is 25.7 Å². The standard InChI is InChI=1S/C19H21FN4O2/c20-16-6-2-1-5-15(16)19(26)24-8-3-4-13(7-9-24)10-14-11-17(18(21)25)23-12-22-14/h1-2,5-6,11-13H,3-4,7-10H2,(H2,21,25). The molecule has 2 amide bonds. The summed E-state index contributed by atoms with van der Waals surface area (Å²) in [6.07, 6.45) is 4.64. The van der Waals surface area contributed by atoms with Crippen LogP contribution in [0.3, 0.4) is 0 Å². The lowest BCUT2D eigenvalue weighted by atomic mass is 9.95. The van der Waals surface area contributed by atoms with Crippen molar-refractivity contribution in [3.63, 3.8) is 0 Å². The molecule has 0 radical (unpaired) electrons. The first-order valence-electron chi connectivity index (χ1n) is 8.69. The maximum Gasteiger partial charge on any atom is 0.267 e. The zero-order valence-electron chi connectivity index (χ0n) is 14.4. The van der Waals surface area contributed by atoms with Gasteiger partial charge in [0.25, 0.3) is 11.8 Å². The SMILES string of the molecule is NC(=O)c1cc(CC2CCCN(C(=O)c3ccccc3F)CC2)ncn1. The van der Waals surface area contributed by atoms with E-state index in [0.29, 0.717) is 25.4 Å². The highest BCUT2D eigenvalue weighted by Crippen LogP contribution is 2.23. The molecule has 7 heteroatoms. The normalized spacial score (nSPS) is 17.6. The van der Waals surface area contributed by atoms with E-state index < -0.39 is 11.7 Å². The first kappa shape index (κ1) is 18.0. The highest BCUT2D eigenvalue weighted by molar-refractivity contribution is 5.94. The average Bonchev–Trinajstić information content (AvgIpc) is 2.87. The largest absolute Gasteiger partial charge is 0.364 e. The molecule has 2 N–H and O–H groups in total. The Morgan fingerprint density at radius 1 is 1.19 bits per heavy atom. The van der Waals surface area contributed by atoms with Crippen molar-refractivity contribution in [2.24, 2.45) is 11.7 Å². The van der Waals surface area contributed by atoms with E-state index in [1.54, 1.807) is 23.1 Å². The molecule has 26 heavy (non-hydrogen) atoms. The summed E-state index contributed by atoms with van der Waals surface area (Å²) in [5, 5.41) is 0. The van der Waals surface area contributed by atoms with Gasteiger partial charge in [-0.3, -0.25) is 9.59 Å². The average molecular weight is 356 g/mol. The zero-order valence-corrected chi connectivity index (χ0v) is 14.4. The molecule has 0 spiro atoms. The number of carbonyl (C=O) groups is 2. The number of hydrogen-bond acceptors (Lipinski definition) is 4. The molecule has 0 aliphatic carbocycles. The molecule has 136 valence electrons. The highest BCUT2D eigenvalue weighted by Gasteiger charge is 2.23. The van der Waals surface area contributed by atoms with Gasteiger partial charge in [0.2, 0.25) is 0 Å². The summed E-state index contributed by atoms with van der Waals surface area (Å²) in [5.41, 5.74) is 6.35. The fourth-order valence-corrected chi connectivity index (χ4v) is 3.32. The second kappa shape index (κ2) is 8.03.